The first-order chi connectivity index (χ1) is 6.57. The molecular weight excluding hydrogens is 170 g/mol. The summed E-state index contributed by atoms with van der Waals surface area (Å²) < 4.78 is 0. The van der Waals surface area contributed by atoms with Gasteiger partial charge in [0.05, 0.1) is 0 Å². The van der Waals surface area contributed by atoms with Crippen molar-refractivity contribution >= 4 is 0 Å². The minimum absolute atomic E-state index is 0.388. The summed E-state index contributed by atoms with van der Waals surface area (Å²) in [6, 6.07) is 0.388. The second-order valence-electron chi connectivity index (χ2n) is 6.30. The highest BCUT2D eigenvalue weighted by molar-refractivity contribution is 4.91. The van der Waals surface area contributed by atoms with Gasteiger partial charge in [0.15, 0.2) is 0 Å². The van der Waals surface area contributed by atoms with E-state index in [0.29, 0.717) is 11.5 Å². The molecule has 1 heteroatoms. The molecule has 2 aliphatic rings. The Morgan fingerprint density at radius 1 is 1.29 bits per heavy atom. The third-order valence-corrected chi connectivity index (χ3v) is 4.27. The van der Waals surface area contributed by atoms with Gasteiger partial charge in [-0.3, -0.25) is 0 Å². The average Bonchev–Trinajstić information content (AvgIpc) is 1.99. The molecule has 0 aromatic rings. The Kier molecular flexibility index (Phi) is 2.88. The fraction of sp³-hybridized carbons (Fsp3) is 1.00. The molecule has 3 unspecified atom stereocenters. The molecule has 2 rings (SSSR count). The van der Waals surface area contributed by atoms with Gasteiger partial charge in [-0.15, -0.1) is 0 Å². The van der Waals surface area contributed by atoms with Gasteiger partial charge in [-0.1, -0.05) is 26.2 Å². The van der Waals surface area contributed by atoms with Gasteiger partial charge in [0.2, 0.25) is 0 Å². The van der Waals surface area contributed by atoms with E-state index in [1.54, 1.807) is 0 Å². The predicted molar refractivity (Wildman–Crippen MR) is 61.1 cm³/mol. The van der Waals surface area contributed by atoms with Crippen molar-refractivity contribution < 1.29 is 0 Å². The monoisotopic (exact) mass is 195 g/mol. The van der Waals surface area contributed by atoms with Gasteiger partial charge in [0.1, 0.15) is 0 Å². The van der Waals surface area contributed by atoms with E-state index in [0.717, 1.165) is 11.8 Å². The zero-order valence-corrected chi connectivity index (χ0v) is 9.76. The topological polar surface area (TPSA) is 26.0 Å². The van der Waals surface area contributed by atoms with Gasteiger partial charge in [-0.25, -0.2) is 0 Å². The van der Waals surface area contributed by atoms with E-state index in [2.05, 4.69) is 13.8 Å². The van der Waals surface area contributed by atoms with E-state index in [-0.39, 0.29) is 0 Å². The van der Waals surface area contributed by atoms with E-state index in [1.165, 1.54) is 44.9 Å². The van der Waals surface area contributed by atoms with Gasteiger partial charge >= 0.3 is 0 Å². The molecule has 3 atom stereocenters. The molecule has 0 aromatic carbocycles. The number of nitrogens with two attached hydrogens (primary N) is 1. The summed E-state index contributed by atoms with van der Waals surface area (Å²) in [5.74, 6) is 2.07. The van der Waals surface area contributed by atoms with Crippen molar-refractivity contribution in [2.75, 3.05) is 0 Å². The van der Waals surface area contributed by atoms with E-state index >= 15 is 0 Å². The molecule has 14 heavy (non-hydrogen) atoms. The van der Waals surface area contributed by atoms with Crippen LogP contribution in [0.25, 0.3) is 0 Å². The Labute approximate surface area is 88.4 Å². The first-order valence-electron chi connectivity index (χ1n) is 6.33. The molecule has 2 fully saturated rings. The van der Waals surface area contributed by atoms with E-state index < -0.39 is 0 Å². The molecule has 2 aliphatic carbocycles. The lowest BCUT2D eigenvalue weighted by Crippen LogP contribution is -2.37. The standard InChI is InChI=1S/C13H25N/c1-10(14)7-13(2)8-11-4-3-5-12(6-11)9-13/h10-12H,3-9,14H2,1-2H3. The van der Waals surface area contributed by atoms with Crippen molar-refractivity contribution in [1.82, 2.24) is 0 Å². The number of hydrogen-bond acceptors (Lipinski definition) is 1. The zero-order valence-electron chi connectivity index (χ0n) is 9.76. The van der Waals surface area contributed by atoms with Crippen LogP contribution in [0.1, 0.15) is 58.8 Å². The first-order valence-corrected chi connectivity index (χ1v) is 6.33. The van der Waals surface area contributed by atoms with Crippen molar-refractivity contribution in [3.05, 3.63) is 0 Å². The predicted octanol–water partition coefficient (Wildman–Crippen LogP) is 3.33. The molecule has 1 nitrogen and oxygen atoms in total. The molecule has 0 aromatic heterocycles. The Bertz CT molecular complexity index is 185. The highest BCUT2D eigenvalue weighted by Gasteiger charge is 2.39. The van der Waals surface area contributed by atoms with Crippen LogP contribution in [0.3, 0.4) is 0 Å². The molecule has 0 amide bonds. The molecule has 0 aliphatic heterocycles. The average molecular weight is 195 g/mol. The fourth-order valence-corrected chi connectivity index (χ4v) is 4.19. The maximum absolute atomic E-state index is 5.96. The number of fused-ring (bicyclic) bond motifs is 2. The molecule has 2 saturated carbocycles. The summed E-state index contributed by atoms with van der Waals surface area (Å²) in [4.78, 5) is 0. The summed E-state index contributed by atoms with van der Waals surface area (Å²) in [6.07, 6.45) is 10.1. The van der Waals surface area contributed by atoms with Crippen LogP contribution < -0.4 is 5.73 Å². The first kappa shape index (κ1) is 10.5. The van der Waals surface area contributed by atoms with Gasteiger partial charge in [0, 0.05) is 6.04 Å². The second-order valence-corrected chi connectivity index (χ2v) is 6.30. The molecule has 2 N–H and O–H groups in total. The highest BCUT2D eigenvalue weighted by Crippen LogP contribution is 2.50. The zero-order chi connectivity index (χ0) is 10.2. The lowest BCUT2D eigenvalue weighted by molar-refractivity contribution is 0.0580. The summed E-state index contributed by atoms with van der Waals surface area (Å²) in [7, 11) is 0. The third kappa shape index (κ3) is 2.31. The summed E-state index contributed by atoms with van der Waals surface area (Å²) in [5.41, 5.74) is 6.53. The maximum atomic E-state index is 5.96. The SMILES string of the molecule is CC(N)CC1(C)CC2CCCC(C2)C1. The third-order valence-electron chi connectivity index (χ3n) is 4.27. The molecule has 0 heterocycles. The summed E-state index contributed by atoms with van der Waals surface area (Å²) in [6.45, 7) is 4.64. The Morgan fingerprint density at radius 3 is 2.36 bits per heavy atom. The van der Waals surface area contributed by atoms with Crippen LogP contribution in [0.2, 0.25) is 0 Å². The second kappa shape index (κ2) is 3.84. The van der Waals surface area contributed by atoms with Gasteiger partial charge in [-0.2, -0.15) is 0 Å². The van der Waals surface area contributed by atoms with Crippen LogP contribution in [-0.2, 0) is 0 Å². The summed E-state index contributed by atoms with van der Waals surface area (Å²) in [5, 5.41) is 0. The lowest BCUT2D eigenvalue weighted by Gasteiger charge is -2.46. The van der Waals surface area contributed by atoms with E-state index in [9.17, 15) is 0 Å². The molecular formula is C13H25N. The fourth-order valence-electron chi connectivity index (χ4n) is 4.19. The van der Waals surface area contributed by atoms with Gasteiger partial charge < -0.3 is 5.73 Å². The highest BCUT2D eigenvalue weighted by atomic mass is 14.6. The van der Waals surface area contributed by atoms with Crippen molar-refractivity contribution in [1.29, 1.82) is 0 Å². The minimum atomic E-state index is 0.388. The van der Waals surface area contributed by atoms with E-state index in [4.69, 9.17) is 5.73 Å². The van der Waals surface area contributed by atoms with Crippen LogP contribution >= 0.6 is 0 Å². The Morgan fingerprint density at radius 2 is 1.86 bits per heavy atom. The van der Waals surface area contributed by atoms with Crippen LogP contribution in [0.5, 0.6) is 0 Å². The minimum Gasteiger partial charge on any atom is -0.328 e. The van der Waals surface area contributed by atoms with Crippen LogP contribution in [0.4, 0.5) is 0 Å². The lowest BCUT2D eigenvalue weighted by atomic mass is 9.60. The quantitative estimate of drug-likeness (QED) is 0.718. The smallest absolute Gasteiger partial charge is 0.00156 e. The molecule has 0 spiro atoms. The van der Waals surface area contributed by atoms with E-state index in [1.807, 2.05) is 0 Å². The molecule has 0 saturated heterocycles. The van der Waals surface area contributed by atoms with Crippen LogP contribution in [0.15, 0.2) is 0 Å². The van der Waals surface area contributed by atoms with Crippen molar-refractivity contribution in [3.8, 4) is 0 Å². The van der Waals surface area contributed by atoms with Crippen molar-refractivity contribution in [3.63, 3.8) is 0 Å². The number of hydrogen-bond donors (Lipinski definition) is 1. The van der Waals surface area contributed by atoms with Gasteiger partial charge in [-0.05, 0) is 49.9 Å². The maximum Gasteiger partial charge on any atom is 0.00156 e. The van der Waals surface area contributed by atoms with Crippen molar-refractivity contribution in [2.45, 2.75) is 64.8 Å². The van der Waals surface area contributed by atoms with Gasteiger partial charge in [0.25, 0.3) is 0 Å². The number of rotatable bonds is 2. The Hall–Kier alpha value is -0.0400. The van der Waals surface area contributed by atoms with Crippen LogP contribution in [0, 0.1) is 17.3 Å². The Balaban J connectivity index is 1.99. The summed E-state index contributed by atoms with van der Waals surface area (Å²) >= 11 is 0. The molecule has 0 radical (unpaired) electrons. The normalized spacial score (nSPS) is 44.8. The largest absolute Gasteiger partial charge is 0.328 e. The molecule has 82 valence electrons. The van der Waals surface area contributed by atoms with Crippen molar-refractivity contribution in [2.24, 2.45) is 23.0 Å². The van der Waals surface area contributed by atoms with Crippen LogP contribution in [-0.4, -0.2) is 6.04 Å². The molecule has 2 bridgehead atoms.